The molecule has 1 N–H and O–H groups in total. The van der Waals surface area contributed by atoms with E-state index in [1.807, 2.05) is 36.4 Å². The van der Waals surface area contributed by atoms with Gasteiger partial charge in [-0.05, 0) is 42.3 Å². The smallest absolute Gasteiger partial charge is 0.251 e. The highest BCUT2D eigenvalue weighted by atomic mass is 16.5. The van der Waals surface area contributed by atoms with Gasteiger partial charge in [-0.1, -0.05) is 30.3 Å². The molecule has 23 heavy (non-hydrogen) atoms. The number of morpholine rings is 1. The number of benzene rings is 2. The highest BCUT2D eigenvalue weighted by molar-refractivity contribution is 5.98. The molecule has 2 fully saturated rings. The molecule has 2 atom stereocenters. The van der Waals surface area contributed by atoms with Crippen LogP contribution in [0.3, 0.4) is 0 Å². The average Bonchev–Trinajstić information content (AvgIpc) is 3.07. The lowest BCUT2D eigenvalue weighted by Gasteiger charge is -2.35. The van der Waals surface area contributed by atoms with E-state index in [9.17, 15) is 4.79 Å². The predicted octanol–water partition coefficient (Wildman–Crippen LogP) is 2.43. The monoisotopic (exact) mass is 310 g/mol. The molecule has 4 heteroatoms. The van der Waals surface area contributed by atoms with Crippen LogP contribution in [0.5, 0.6) is 0 Å². The molecule has 0 unspecified atom stereocenters. The van der Waals surface area contributed by atoms with E-state index < -0.39 is 0 Å². The van der Waals surface area contributed by atoms with Gasteiger partial charge in [-0.25, -0.2) is 0 Å². The number of hydrogen-bond donors (Lipinski definition) is 1. The van der Waals surface area contributed by atoms with Crippen molar-refractivity contribution in [3.8, 4) is 0 Å². The van der Waals surface area contributed by atoms with Gasteiger partial charge in [0.2, 0.25) is 0 Å². The number of carbonyl (C=O) groups is 1. The Balaban J connectivity index is 1.37. The lowest BCUT2D eigenvalue weighted by molar-refractivity contribution is -0.0461. The summed E-state index contributed by atoms with van der Waals surface area (Å²) in [5.74, 6) is -0.0251. The second kappa shape index (κ2) is 6.30. The Morgan fingerprint density at radius 1 is 1.22 bits per heavy atom. The van der Waals surface area contributed by atoms with Crippen molar-refractivity contribution >= 4 is 16.7 Å². The summed E-state index contributed by atoms with van der Waals surface area (Å²) in [6.07, 6.45) is 2.62. The Hall–Kier alpha value is -1.91. The Bertz CT molecular complexity index is 715. The largest absolute Gasteiger partial charge is 0.373 e. The van der Waals surface area contributed by atoms with E-state index in [0.29, 0.717) is 18.2 Å². The molecule has 2 aromatic rings. The third kappa shape index (κ3) is 3.09. The van der Waals surface area contributed by atoms with E-state index >= 15 is 0 Å². The van der Waals surface area contributed by atoms with E-state index in [1.165, 1.54) is 19.4 Å². The first-order valence-electron chi connectivity index (χ1n) is 8.42. The highest BCUT2D eigenvalue weighted by Gasteiger charge is 2.32. The Labute approximate surface area is 136 Å². The maximum atomic E-state index is 12.4. The van der Waals surface area contributed by atoms with Crippen LogP contribution in [0.15, 0.2) is 42.5 Å². The summed E-state index contributed by atoms with van der Waals surface area (Å²) < 4.78 is 5.89. The molecule has 2 heterocycles. The SMILES string of the molecule is O=C(NC[C@@H]1CN2CCC[C@@H]2CO1)c1ccc2ccccc2c1. The van der Waals surface area contributed by atoms with Gasteiger partial charge in [0.05, 0.1) is 12.7 Å². The topological polar surface area (TPSA) is 41.6 Å². The highest BCUT2D eigenvalue weighted by Crippen LogP contribution is 2.22. The molecule has 0 spiro atoms. The number of rotatable bonds is 3. The third-order valence-electron chi connectivity index (χ3n) is 4.96. The molecule has 2 aromatic carbocycles. The summed E-state index contributed by atoms with van der Waals surface area (Å²) in [6.45, 7) is 3.48. The molecule has 4 rings (SSSR count). The molecule has 0 radical (unpaired) electrons. The standard InChI is InChI=1S/C19H22N2O2/c22-19(16-8-7-14-4-1-2-5-15(14)10-16)20-11-18-12-21-9-3-6-17(21)13-23-18/h1-2,4-5,7-8,10,17-18H,3,6,9,11-13H2,(H,20,22)/t17-,18-/m1/s1. The number of amides is 1. The van der Waals surface area contributed by atoms with Crippen LogP contribution < -0.4 is 5.32 Å². The van der Waals surface area contributed by atoms with E-state index in [1.54, 1.807) is 0 Å². The lowest BCUT2D eigenvalue weighted by atomic mass is 10.1. The third-order valence-corrected chi connectivity index (χ3v) is 4.96. The van der Waals surface area contributed by atoms with Crippen molar-refractivity contribution in [3.05, 3.63) is 48.0 Å². The number of hydrogen-bond acceptors (Lipinski definition) is 3. The molecule has 0 saturated carbocycles. The number of ether oxygens (including phenoxy) is 1. The zero-order valence-corrected chi connectivity index (χ0v) is 13.2. The average molecular weight is 310 g/mol. The predicted molar refractivity (Wildman–Crippen MR) is 90.6 cm³/mol. The van der Waals surface area contributed by atoms with Gasteiger partial charge >= 0.3 is 0 Å². The minimum absolute atomic E-state index is 0.0251. The van der Waals surface area contributed by atoms with Crippen LogP contribution in [0.25, 0.3) is 10.8 Å². The van der Waals surface area contributed by atoms with Crippen LogP contribution in [0, 0.1) is 0 Å². The molecule has 4 nitrogen and oxygen atoms in total. The van der Waals surface area contributed by atoms with Crippen LogP contribution in [0.2, 0.25) is 0 Å². The van der Waals surface area contributed by atoms with Crippen molar-refractivity contribution in [2.45, 2.75) is 25.0 Å². The fraction of sp³-hybridized carbons (Fsp3) is 0.421. The van der Waals surface area contributed by atoms with Crippen molar-refractivity contribution in [3.63, 3.8) is 0 Å². The minimum Gasteiger partial charge on any atom is -0.373 e. The summed E-state index contributed by atoms with van der Waals surface area (Å²) in [6, 6.07) is 14.5. The molecule has 2 saturated heterocycles. The van der Waals surface area contributed by atoms with Gasteiger partial charge in [-0.15, -0.1) is 0 Å². The maximum absolute atomic E-state index is 12.4. The summed E-state index contributed by atoms with van der Waals surface area (Å²) in [4.78, 5) is 14.9. The Kier molecular flexibility index (Phi) is 4.02. The zero-order chi connectivity index (χ0) is 15.6. The van der Waals surface area contributed by atoms with Gasteiger partial charge in [0.1, 0.15) is 0 Å². The molecule has 0 aliphatic carbocycles. The molecular weight excluding hydrogens is 288 g/mol. The fourth-order valence-corrected chi connectivity index (χ4v) is 3.65. The van der Waals surface area contributed by atoms with Crippen molar-refractivity contribution in [2.75, 3.05) is 26.2 Å². The van der Waals surface area contributed by atoms with Crippen LogP contribution in [0.1, 0.15) is 23.2 Å². The molecular formula is C19H22N2O2. The molecule has 1 amide bonds. The molecule has 0 aromatic heterocycles. The maximum Gasteiger partial charge on any atom is 0.251 e. The first-order valence-corrected chi connectivity index (χ1v) is 8.42. The summed E-state index contributed by atoms with van der Waals surface area (Å²) in [5.41, 5.74) is 0.707. The van der Waals surface area contributed by atoms with Crippen molar-refractivity contribution in [1.82, 2.24) is 10.2 Å². The van der Waals surface area contributed by atoms with Gasteiger partial charge in [-0.3, -0.25) is 9.69 Å². The molecule has 120 valence electrons. The first-order chi connectivity index (χ1) is 11.3. The molecule has 0 bridgehead atoms. The van der Waals surface area contributed by atoms with Gasteiger partial charge in [-0.2, -0.15) is 0 Å². The van der Waals surface area contributed by atoms with Crippen molar-refractivity contribution in [1.29, 1.82) is 0 Å². The minimum atomic E-state index is -0.0251. The number of carbonyl (C=O) groups excluding carboxylic acids is 1. The van der Waals surface area contributed by atoms with Gasteiger partial charge in [0, 0.05) is 24.7 Å². The van der Waals surface area contributed by atoms with Gasteiger partial charge < -0.3 is 10.1 Å². The fourth-order valence-electron chi connectivity index (χ4n) is 3.65. The second-order valence-corrected chi connectivity index (χ2v) is 6.52. The van der Waals surface area contributed by atoms with Crippen LogP contribution in [0.4, 0.5) is 0 Å². The summed E-state index contributed by atoms with van der Waals surface area (Å²) >= 11 is 0. The summed E-state index contributed by atoms with van der Waals surface area (Å²) in [7, 11) is 0. The van der Waals surface area contributed by atoms with Crippen LogP contribution >= 0.6 is 0 Å². The Morgan fingerprint density at radius 3 is 3.00 bits per heavy atom. The van der Waals surface area contributed by atoms with Crippen LogP contribution in [-0.4, -0.2) is 49.2 Å². The van der Waals surface area contributed by atoms with Gasteiger partial charge in [0.15, 0.2) is 0 Å². The zero-order valence-electron chi connectivity index (χ0n) is 13.2. The van der Waals surface area contributed by atoms with Crippen molar-refractivity contribution in [2.24, 2.45) is 0 Å². The van der Waals surface area contributed by atoms with E-state index in [0.717, 1.165) is 23.9 Å². The quantitative estimate of drug-likeness (QED) is 0.947. The lowest BCUT2D eigenvalue weighted by Crippen LogP contribution is -2.50. The van der Waals surface area contributed by atoms with E-state index in [2.05, 4.69) is 16.3 Å². The van der Waals surface area contributed by atoms with E-state index in [-0.39, 0.29) is 12.0 Å². The van der Waals surface area contributed by atoms with Crippen LogP contribution in [-0.2, 0) is 4.74 Å². The van der Waals surface area contributed by atoms with Crippen molar-refractivity contribution < 1.29 is 9.53 Å². The normalized spacial score (nSPS) is 24.5. The Morgan fingerprint density at radius 2 is 2.09 bits per heavy atom. The number of nitrogens with one attached hydrogen (secondary N) is 1. The molecule has 2 aliphatic heterocycles. The molecule has 2 aliphatic rings. The second-order valence-electron chi connectivity index (χ2n) is 6.52. The number of nitrogens with zero attached hydrogens (tertiary/aromatic N) is 1. The summed E-state index contributed by atoms with van der Waals surface area (Å²) in [5, 5.41) is 5.27. The first kappa shape index (κ1) is 14.7. The number of fused-ring (bicyclic) bond motifs is 2. The van der Waals surface area contributed by atoms with E-state index in [4.69, 9.17) is 4.74 Å². The van der Waals surface area contributed by atoms with Gasteiger partial charge in [0.25, 0.3) is 5.91 Å².